The van der Waals surface area contributed by atoms with Crippen LogP contribution in [0.4, 0.5) is 0 Å². The Bertz CT molecular complexity index is 478. The van der Waals surface area contributed by atoms with E-state index in [1.165, 1.54) is 24.8 Å². The predicted octanol–water partition coefficient (Wildman–Crippen LogP) is 4.31. The Morgan fingerprint density at radius 3 is 2.45 bits per heavy atom. The number of benzene rings is 1. The highest BCUT2D eigenvalue weighted by Crippen LogP contribution is 2.34. The molecule has 1 aromatic carbocycles. The molecule has 0 spiro atoms. The molecule has 1 aliphatic heterocycles. The lowest BCUT2D eigenvalue weighted by atomic mass is 10.1. The summed E-state index contributed by atoms with van der Waals surface area (Å²) in [6.45, 7) is 10.3. The average molecular weight is 286 g/mol. The van der Waals surface area contributed by atoms with Crippen LogP contribution in [0.1, 0.15) is 31.7 Å². The zero-order valence-electron chi connectivity index (χ0n) is 13.3. The van der Waals surface area contributed by atoms with Crippen molar-refractivity contribution < 1.29 is 0 Å². The van der Waals surface area contributed by atoms with Crippen LogP contribution in [0, 0.1) is 11.5 Å². The van der Waals surface area contributed by atoms with Crippen LogP contribution in [0.25, 0.3) is 0 Å². The van der Waals surface area contributed by atoms with Crippen LogP contribution in [0.15, 0.2) is 30.3 Å². The number of hydrogen-bond acceptors (Lipinski definition) is 1. The fourth-order valence-electron chi connectivity index (χ4n) is 2.55. The molecule has 0 radical (unpaired) electrons. The van der Waals surface area contributed by atoms with Crippen LogP contribution in [0.3, 0.4) is 0 Å². The van der Waals surface area contributed by atoms with Crippen molar-refractivity contribution in [1.29, 1.82) is 0 Å². The molecule has 1 aromatic rings. The second-order valence-corrected chi connectivity index (χ2v) is 11.6. The minimum Gasteiger partial charge on any atom is -0.279 e. The molecule has 0 aromatic heterocycles. The van der Waals surface area contributed by atoms with E-state index in [9.17, 15) is 0 Å². The highest BCUT2D eigenvalue weighted by molar-refractivity contribution is 6.83. The first kappa shape index (κ1) is 15.3. The second-order valence-electron chi connectivity index (χ2n) is 6.83. The first-order valence-corrected chi connectivity index (χ1v) is 11.3. The standard InChI is InChI=1S/C18H27NSi/c1-5-6-12-17-18(13-14-20(2,3)4)19(17)15-16-10-8-7-9-11-16/h7-11,17-18H,5-6,12,15H2,1-4H3. The first-order chi connectivity index (χ1) is 9.51. The van der Waals surface area contributed by atoms with Crippen LogP contribution >= 0.6 is 0 Å². The van der Waals surface area contributed by atoms with Gasteiger partial charge in [-0.05, 0) is 12.0 Å². The van der Waals surface area contributed by atoms with Crippen LogP contribution in [0.2, 0.25) is 19.6 Å². The van der Waals surface area contributed by atoms with E-state index in [4.69, 9.17) is 0 Å². The van der Waals surface area contributed by atoms with Gasteiger partial charge in [-0.3, -0.25) is 4.90 Å². The van der Waals surface area contributed by atoms with Crippen molar-refractivity contribution >= 4 is 8.07 Å². The zero-order valence-corrected chi connectivity index (χ0v) is 14.3. The molecule has 20 heavy (non-hydrogen) atoms. The maximum absolute atomic E-state index is 3.56. The topological polar surface area (TPSA) is 3.01 Å². The van der Waals surface area contributed by atoms with Crippen LogP contribution in [0.5, 0.6) is 0 Å². The van der Waals surface area contributed by atoms with Crippen molar-refractivity contribution in [1.82, 2.24) is 4.90 Å². The maximum atomic E-state index is 3.56. The van der Waals surface area contributed by atoms with Crippen molar-refractivity contribution in [2.45, 2.75) is 64.5 Å². The average Bonchev–Trinajstić information content (AvgIpc) is 3.06. The van der Waals surface area contributed by atoms with Gasteiger partial charge in [0.2, 0.25) is 0 Å². The number of nitrogens with zero attached hydrogens (tertiary/aromatic N) is 1. The van der Waals surface area contributed by atoms with E-state index in [-0.39, 0.29) is 0 Å². The largest absolute Gasteiger partial charge is 0.279 e. The SMILES string of the molecule is CCCCC1C(C#C[Si](C)(C)C)N1Cc1ccccc1. The fourth-order valence-corrected chi connectivity index (χ4v) is 3.13. The normalized spacial score (nSPS) is 24.9. The Hall–Kier alpha value is -1.04. The molecule has 1 saturated heterocycles. The van der Waals surface area contributed by atoms with Gasteiger partial charge in [-0.1, -0.05) is 75.7 Å². The summed E-state index contributed by atoms with van der Waals surface area (Å²) < 4.78 is 0. The highest BCUT2D eigenvalue weighted by atomic mass is 28.3. The van der Waals surface area contributed by atoms with E-state index in [0.717, 1.165) is 6.54 Å². The van der Waals surface area contributed by atoms with E-state index in [1.54, 1.807) is 0 Å². The Labute approximate surface area is 125 Å². The number of rotatable bonds is 5. The Kier molecular flexibility index (Phi) is 5.07. The molecule has 1 nitrogen and oxygen atoms in total. The molecule has 3 atom stereocenters. The van der Waals surface area contributed by atoms with Gasteiger partial charge < -0.3 is 0 Å². The Morgan fingerprint density at radius 2 is 1.85 bits per heavy atom. The minimum atomic E-state index is -1.25. The summed E-state index contributed by atoms with van der Waals surface area (Å²) in [5.41, 5.74) is 4.96. The summed E-state index contributed by atoms with van der Waals surface area (Å²) in [4.78, 5) is 2.57. The summed E-state index contributed by atoms with van der Waals surface area (Å²) >= 11 is 0. The molecular weight excluding hydrogens is 258 g/mol. The third-order valence-electron chi connectivity index (χ3n) is 3.71. The summed E-state index contributed by atoms with van der Waals surface area (Å²) in [5, 5.41) is 0. The summed E-state index contributed by atoms with van der Waals surface area (Å²) in [6, 6.07) is 12.0. The summed E-state index contributed by atoms with van der Waals surface area (Å²) in [7, 11) is -1.25. The number of unbranched alkanes of at least 4 members (excludes halogenated alkanes) is 1. The van der Waals surface area contributed by atoms with Gasteiger partial charge >= 0.3 is 0 Å². The Morgan fingerprint density at radius 1 is 1.15 bits per heavy atom. The van der Waals surface area contributed by atoms with Crippen LogP contribution in [-0.2, 0) is 6.54 Å². The lowest BCUT2D eigenvalue weighted by molar-refractivity contribution is 0.471. The van der Waals surface area contributed by atoms with Crippen molar-refractivity contribution in [3.05, 3.63) is 35.9 Å². The lowest BCUT2D eigenvalue weighted by Crippen LogP contribution is -2.17. The van der Waals surface area contributed by atoms with Crippen molar-refractivity contribution in [2.24, 2.45) is 0 Å². The fraction of sp³-hybridized carbons (Fsp3) is 0.556. The maximum Gasteiger partial charge on any atom is 0.129 e. The van der Waals surface area contributed by atoms with E-state index in [2.05, 4.69) is 73.3 Å². The van der Waals surface area contributed by atoms with E-state index in [0.29, 0.717) is 12.1 Å². The third-order valence-corrected chi connectivity index (χ3v) is 4.61. The van der Waals surface area contributed by atoms with Gasteiger partial charge in [0.15, 0.2) is 0 Å². The molecule has 2 rings (SSSR count). The van der Waals surface area contributed by atoms with Gasteiger partial charge in [-0.15, -0.1) is 5.54 Å². The minimum absolute atomic E-state index is 0.508. The van der Waals surface area contributed by atoms with Crippen molar-refractivity contribution in [2.75, 3.05) is 0 Å². The van der Waals surface area contributed by atoms with Gasteiger partial charge in [-0.25, -0.2) is 0 Å². The lowest BCUT2D eigenvalue weighted by Gasteiger charge is -2.04. The molecule has 0 aliphatic carbocycles. The van der Waals surface area contributed by atoms with Gasteiger partial charge in [0.1, 0.15) is 8.07 Å². The summed E-state index contributed by atoms with van der Waals surface area (Å²) in [6.07, 6.45) is 3.90. The highest BCUT2D eigenvalue weighted by Gasteiger charge is 2.45. The molecular formula is C18H27NSi. The van der Waals surface area contributed by atoms with Gasteiger partial charge in [-0.2, -0.15) is 0 Å². The van der Waals surface area contributed by atoms with Crippen LogP contribution in [-0.4, -0.2) is 25.1 Å². The smallest absolute Gasteiger partial charge is 0.129 e. The molecule has 1 heterocycles. The summed E-state index contributed by atoms with van der Waals surface area (Å²) in [5.74, 6) is 3.56. The van der Waals surface area contributed by atoms with Gasteiger partial charge in [0.25, 0.3) is 0 Å². The van der Waals surface area contributed by atoms with Crippen molar-refractivity contribution in [3.8, 4) is 11.5 Å². The predicted molar refractivity (Wildman–Crippen MR) is 90.2 cm³/mol. The third kappa shape index (κ3) is 4.51. The number of hydrogen-bond donors (Lipinski definition) is 0. The molecule has 0 N–H and O–H groups in total. The molecule has 108 valence electrons. The molecule has 3 unspecified atom stereocenters. The Balaban J connectivity index is 1.99. The molecule has 0 amide bonds. The molecule has 1 aliphatic rings. The quantitative estimate of drug-likeness (QED) is 0.442. The van der Waals surface area contributed by atoms with E-state index < -0.39 is 8.07 Å². The van der Waals surface area contributed by atoms with Gasteiger partial charge in [0, 0.05) is 12.6 Å². The van der Waals surface area contributed by atoms with Crippen molar-refractivity contribution in [3.63, 3.8) is 0 Å². The second kappa shape index (κ2) is 6.61. The molecule has 1 fully saturated rings. The molecule has 0 saturated carbocycles. The van der Waals surface area contributed by atoms with Crippen LogP contribution < -0.4 is 0 Å². The molecule has 2 heteroatoms. The zero-order chi connectivity index (χ0) is 14.6. The first-order valence-electron chi connectivity index (χ1n) is 7.83. The van der Waals surface area contributed by atoms with Gasteiger partial charge in [0.05, 0.1) is 6.04 Å². The van der Waals surface area contributed by atoms with E-state index >= 15 is 0 Å². The molecule has 0 bridgehead atoms. The monoisotopic (exact) mass is 285 g/mol. The van der Waals surface area contributed by atoms with E-state index in [1.807, 2.05) is 0 Å².